The topological polar surface area (TPSA) is 42.2 Å². The van der Waals surface area contributed by atoms with Crippen LogP contribution in [0.1, 0.15) is 26.3 Å². The number of carboxylic acids is 1. The summed E-state index contributed by atoms with van der Waals surface area (Å²) >= 11 is 6.38. The molecule has 0 radical (unpaired) electrons. The molecule has 1 N–H and O–H groups in total. The Morgan fingerprint density at radius 2 is 2.14 bits per heavy atom. The maximum atomic E-state index is 14.2. The summed E-state index contributed by atoms with van der Waals surface area (Å²) in [6, 6.07) is 4.73. The second kappa shape index (κ2) is 5.90. The van der Waals surface area contributed by atoms with E-state index in [4.69, 9.17) is 16.7 Å². The number of carboxylic acid groups (broad SMARTS) is 1. The van der Waals surface area contributed by atoms with Gasteiger partial charge in [0.15, 0.2) is 0 Å². The van der Waals surface area contributed by atoms with Gasteiger partial charge in [-0.15, -0.1) is 0 Å². The molecule has 21 heavy (non-hydrogen) atoms. The molecule has 0 unspecified atom stereocenters. The predicted octanol–water partition coefficient (Wildman–Crippen LogP) is 4.58. The van der Waals surface area contributed by atoms with E-state index in [0.29, 0.717) is 28.2 Å². The van der Waals surface area contributed by atoms with Gasteiger partial charge in [0.2, 0.25) is 0 Å². The first-order chi connectivity index (χ1) is 9.82. The molecule has 0 fully saturated rings. The van der Waals surface area contributed by atoms with E-state index in [1.807, 2.05) is 13.8 Å². The number of hydrogen-bond acceptors (Lipinski definition) is 1. The van der Waals surface area contributed by atoms with Crippen molar-refractivity contribution in [3.8, 4) is 0 Å². The summed E-state index contributed by atoms with van der Waals surface area (Å²) in [7, 11) is 0. The highest BCUT2D eigenvalue weighted by Crippen LogP contribution is 2.34. The maximum absolute atomic E-state index is 14.2. The standard InChI is InChI=1S/C16H17ClFNO2/c1-9(2)8-19-14-11(5-4-6-13(14)18)12(15(19)17)7-10(3)16(20)21/h4-7,9H,8H2,1-3H3,(H,20,21)/b10-7+. The van der Waals surface area contributed by atoms with E-state index >= 15 is 0 Å². The zero-order valence-corrected chi connectivity index (χ0v) is 12.9. The lowest BCUT2D eigenvalue weighted by molar-refractivity contribution is -0.132. The van der Waals surface area contributed by atoms with Gasteiger partial charge in [0.05, 0.1) is 5.52 Å². The summed E-state index contributed by atoms with van der Waals surface area (Å²) in [6.07, 6.45) is 1.49. The van der Waals surface area contributed by atoms with Crippen molar-refractivity contribution < 1.29 is 14.3 Å². The van der Waals surface area contributed by atoms with E-state index in [2.05, 4.69) is 0 Å². The Morgan fingerprint density at radius 1 is 1.48 bits per heavy atom. The molecule has 1 heterocycles. The Bertz CT molecular complexity index is 731. The molecule has 3 nitrogen and oxygen atoms in total. The van der Waals surface area contributed by atoms with Gasteiger partial charge in [0, 0.05) is 23.1 Å². The molecule has 0 aliphatic heterocycles. The minimum Gasteiger partial charge on any atom is -0.478 e. The SMILES string of the molecule is C/C(=C\c1c(Cl)n(CC(C)C)c2c(F)cccc12)C(=O)O. The van der Waals surface area contributed by atoms with Gasteiger partial charge >= 0.3 is 5.97 Å². The molecule has 0 atom stereocenters. The monoisotopic (exact) mass is 309 g/mol. The molecule has 112 valence electrons. The van der Waals surface area contributed by atoms with Gasteiger partial charge in [-0.2, -0.15) is 0 Å². The van der Waals surface area contributed by atoms with Gasteiger partial charge in [0.25, 0.3) is 0 Å². The second-order valence-electron chi connectivity index (χ2n) is 5.48. The van der Waals surface area contributed by atoms with E-state index in [-0.39, 0.29) is 17.3 Å². The van der Waals surface area contributed by atoms with Gasteiger partial charge in [-0.3, -0.25) is 0 Å². The molecule has 1 aromatic carbocycles. The first-order valence-corrected chi connectivity index (χ1v) is 7.08. The third-order valence-electron chi connectivity index (χ3n) is 3.25. The van der Waals surface area contributed by atoms with Gasteiger partial charge in [-0.05, 0) is 25.0 Å². The Balaban J connectivity index is 2.77. The lowest BCUT2D eigenvalue weighted by atomic mass is 10.1. The van der Waals surface area contributed by atoms with Crippen LogP contribution < -0.4 is 0 Å². The van der Waals surface area contributed by atoms with Crippen LogP contribution in [0, 0.1) is 11.7 Å². The number of nitrogens with zero attached hydrogens (tertiary/aromatic N) is 1. The Hall–Kier alpha value is -1.81. The van der Waals surface area contributed by atoms with E-state index in [9.17, 15) is 9.18 Å². The highest BCUT2D eigenvalue weighted by molar-refractivity contribution is 6.33. The predicted molar refractivity (Wildman–Crippen MR) is 83.0 cm³/mol. The number of halogens is 2. The van der Waals surface area contributed by atoms with Crippen molar-refractivity contribution in [3.63, 3.8) is 0 Å². The molecule has 0 aliphatic carbocycles. The number of carbonyl (C=O) groups is 1. The lowest BCUT2D eigenvalue weighted by Gasteiger charge is -2.10. The third kappa shape index (κ3) is 2.95. The van der Waals surface area contributed by atoms with Gasteiger partial charge < -0.3 is 9.67 Å². The quantitative estimate of drug-likeness (QED) is 0.840. The molecule has 0 aliphatic rings. The Labute approximate surface area is 127 Å². The van der Waals surface area contributed by atoms with Crippen molar-refractivity contribution in [2.24, 2.45) is 5.92 Å². The number of rotatable bonds is 4. The second-order valence-corrected chi connectivity index (χ2v) is 5.84. The molecule has 0 amide bonds. The summed E-state index contributed by atoms with van der Waals surface area (Å²) in [4.78, 5) is 11.0. The van der Waals surface area contributed by atoms with Crippen molar-refractivity contribution in [1.29, 1.82) is 0 Å². The van der Waals surface area contributed by atoms with E-state index in [1.165, 1.54) is 19.1 Å². The molecule has 1 aromatic heterocycles. The summed E-state index contributed by atoms with van der Waals surface area (Å²) in [5.74, 6) is -1.09. The summed E-state index contributed by atoms with van der Waals surface area (Å²) < 4.78 is 15.9. The molecule has 0 spiro atoms. The molecule has 0 saturated carbocycles. The number of hydrogen-bond donors (Lipinski definition) is 1. The molecule has 0 saturated heterocycles. The number of aromatic nitrogens is 1. The molecule has 5 heteroatoms. The van der Waals surface area contributed by atoms with Crippen LogP contribution in [0.25, 0.3) is 17.0 Å². The van der Waals surface area contributed by atoms with E-state index in [0.717, 1.165) is 0 Å². The fraction of sp³-hybridized carbons (Fsp3) is 0.312. The van der Waals surface area contributed by atoms with Crippen LogP contribution in [-0.2, 0) is 11.3 Å². The van der Waals surface area contributed by atoms with Crippen molar-refractivity contribution in [2.45, 2.75) is 27.3 Å². The zero-order chi connectivity index (χ0) is 15.7. The fourth-order valence-electron chi connectivity index (χ4n) is 2.31. The van der Waals surface area contributed by atoms with Crippen molar-refractivity contribution in [1.82, 2.24) is 4.57 Å². The van der Waals surface area contributed by atoms with Crippen LogP contribution in [0.4, 0.5) is 4.39 Å². The average molecular weight is 310 g/mol. The summed E-state index contributed by atoms with van der Waals surface area (Å²) in [5, 5.41) is 10.0. The van der Waals surface area contributed by atoms with Gasteiger partial charge in [-0.1, -0.05) is 37.6 Å². The van der Waals surface area contributed by atoms with Gasteiger partial charge in [0.1, 0.15) is 11.0 Å². The normalized spacial score (nSPS) is 12.4. The van der Waals surface area contributed by atoms with Crippen LogP contribution in [0.15, 0.2) is 23.8 Å². The van der Waals surface area contributed by atoms with E-state index < -0.39 is 5.97 Å². The molecule has 0 bridgehead atoms. The number of aliphatic carboxylic acids is 1. The number of fused-ring (bicyclic) bond motifs is 1. The summed E-state index contributed by atoms with van der Waals surface area (Å²) in [5.41, 5.74) is 1.12. The highest BCUT2D eigenvalue weighted by atomic mass is 35.5. The number of benzene rings is 1. The van der Waals surface area contributed by atoms with Crippen LogP contribution in [0.3, 0.4) is 0 Å². The van der Waals surface area contributed by atoms with E-state index in [1.54, 1.807) is 16.7 Å². The van der Waals surface area contributed by atoms with Crippen LogP contribution in [0.5, 0.6) is 0 Å². The zero-order valence-electron chi connectivity index (χ0n) is 12.2. The average Bonchev–Trinajstić information content (AvgIpc) is 2.65. The Morgan fingerprint density at radius 3 is 2.71 bits per heavy atom. The third-order valence-corrected chi connectivity index (χ3v) is 3.66. The smallest absolute Gasteiger partial charge is 0.331 e. The van der Waals surface area contributed by atoms with Gasteiger partial charge in [-0.25, -0.2) is 9.18 Å². The van der Waals surface area contributed by atoms with Crippen molar-refractivity contribution in [3.05, 3.63) is 40.3 Å². The molecular formula is C16H17ClFNO2. The maximum Gasteiger partial charge on any atom is 0.331 e. The molecular weight excluding hydrogens is 293 g/mol. The highest BCUT2D eigenvalue weighted by Gasteiger charge is 2.18. The largest absolute Gasteiger partial charge is 0.478 e. The molecule has 2 aromatic rings. The van der Waals surface area contributed by atoms with Crippen LogP contribution in [-0.4, -0.2) is 15.6 Å². The fourth-order valence-corrected chi connectivity index (χ4v) is 2.62. The molecule has 2 rings (SSSR count). The Kier molecular flexibility index (Phi) is 4.37. The first-order valence-electron chi connectivity index (χ1n) is 6.70. The summed E-state index contributed by atoms with van der Waals surface area (Å²) in [6.45, 7) is 6.09. The van der Waals surface area contributed by atoms with Crippen LogP contribution >= 0.6 is 11.6 Å². The number of para-hydroxylation sites is 1. The van der Waals surface area contributed by atoms with Crippen molar-refractivity contribution >= 4 is 34.5 Å². The minimum atomic E-state index is -1.02. The van der Waals surface area contributed by atoms with Crippen LogP contribution in [0.2, 0.25) is 5.15 Å². The lowest BCUT2D eigenvalue weighted by Crippen LogP contribution is -2.05. The van der Waals surface area contributed by atoms with Crippen molar-refractivity contribution in [2.75, 3.05) is 0 Å². The first kappa shape index (κ1) is 15.6. The minimum absolute atomic E-state index is 0.157.